The lowest BCUT2D eigenvalue weighted by atomic mass is 10.3. The molecule has 0 saturated heterocycles. The monoisotopic (exact) mass is 398 g/mol. The Kier molecular flexibility index (Phi) is 11.5. The zero-order valence-corrected chi connectivity index (χ0v) is 15.3. The number of carbonyl (C=O) groups excluding carboxylic acids is 3. The van der Waals surface area contributed by atoms with Crippen molar-refractivity contribution in [1.29, 1.82) is 0 Å². The van der Waals surface area contributed by atoms with Crippen LogP contribution in [0.15, 0.2) is 0 Å². The maximum Gasteiger partial charge on any atom is 0.508 e. The zero-order chi connectivity index (χ0) is 20.2. The largest absolute Gasteiger partial charge is 0.508 e. The second kappa shape index (κ2) is 12.4. The molecule has 0 bridgehead atoms. The van der Waals surface area contributed by atoms with Gasteiger partial charge in [0.05, 0.1) is 5.75 Å². The van der Waals surface area contributed by atoms with Crippen LogP contribution in [0.1, 0.15) is 19.8 Å². The van der Waals surface area contributed by atoms with E-state index in [1.807, 2.05) is 6.92 Å². The van der Waals surface area contributed by atoms with Gasteiger partial charge < -0.3 is 31.6 Å². The van der Waals surface area contributed by atoms with Gasteiger partial charge in [0.2, 0.25) is 11.8 Å². The average Bonchev–Trinajstić information content (AvgIpc) is 2.57. The molecule has 2 unspecified atom stereocenters. The standard InChI is InChI=1S/C13H26N4O8S/c1-2-4-16-11(18)9(14)7-24-13(20)25-8-10(15)12(19)17-5-3-6-26(21,22)23/h9-10H,2-8,14-15H2,1H3,(H,16,18)(H,17,19)(H,21,22,23). The van der Waals surface area contributed by atoms with Crippen LogP contribution in [0.4, 0.5) is 4.79 Å². The Balaban J connectivity index is 3.96. The number of nitrogens with two attached hydrogens (primary N) is 2. The van der Waals surface area contributed by atoms with Crippen molar-refractivity contribution in [1.82, 2.24) is 10.6 Å². The number of carbonyl (C=O) groups is 3. The number of nitrogens with one attached hydrogen (secondary N) is 2. The fourth-order valence-corrected chi connectivity index (χ4v) is 1.99. The Morgan fingerprint density at radius 3 is 1.88 bits per heavy atom. The molecule has 0 saturated carbocycles. The molecule has 0 fully saturated rings. The van der Waals surface area contributed by atoms with Crippen molar-refractivity contribution in [2.45, 2.75) is 31.8 Å². The van der Waals surface area contributed by atoms with E-state index in [-0.39, 0.29) is 13.0 Å². The van der Waals surface area contributed by atoms with Crippen LogP contribution in [-0.2, 0) is 29.2 Å². The molecule has 0 heterocycles. The van der Waals surface area contributed by atoms with Crippen molar-refractivity contribution in [2.24, 2.45) is 11.5 Å². The van der Waals surface area contributed by atoms with Crippen LogP contribution in [0.3, 0.4) is 0 Å². The van der Waals surface area contributed by atoms with Crippen LogP contribution < -0.4 is 22.1 Å². The van der Waals surface area contributed by atoms with Crippen molar-refractivity contribution in [3.05, 3.63) is 0 Å². The summed E-state index contributed by atoms with van der Waals surface area (Å²) in [7, 11) is -4.10. The van der Waals surface area contributed by atoms with E-state index in [1.54, 1.807) is 0 Å². The van der Waals surface area contributed by atoms with Gasteiger partial charge in [-0.05, 0) is 12.8 Å². The van der Waals surface area contributed by atoms with E-state index in [2.05, 4.69) is 20.1 Å². The molecule has 12 nitrogen and oxygen atoms in total. The van der Waals surface area contributed by atoms with Crippen molar-refractivity contribution in [3.63, 3.8) is 0 Å². The molecule has 152 valence electrons. The molecule has 2 amide bonds. The Morgan fingerprint density at radius 2 is 1.46 bits per heavy atom. The summed E-state index contributed by atoms with van der Waals surface area (Å²) in [6.07, 6.45) is -0.409. The molecule has 13 heteroatoms. The first-order valence-electron chi connectivity index (χ1n) is 7.88. The van der Waals surface area contributed by atoms with Crippen LogP contribution in [-0.4, -0.2) is 75.1 Å². The Hall–Kier alpha value is -1.96. The molecule has 0 aromatic carbocycles. The summed E-state index contributed by atoms with van der Waals surface area (Å²) < 4.78 is 38.8. The number of ether oxygens (including phenoxy) is 2. The van der Waals surface area contributed by atoms with E-state index >= 15 is 0 Å². The number of hydrogen-bond acceptors (Lipinski definition) is 9. The van der Waals surface area contributed by atoms with E-state index in [9.17, 15) is 22.8 Å². The van der Waals surface area contributed by atoms with E-state index in [4.69, 9.17) is 16.0 Å². The summed E-state index contributed by atoms with van der Waals surface area (Å²) in [4.78, 5) is 34.4. The molecule has 0 aliphatic heterocycles. The quantitative estimate of drug-likeness (QED) is 0.135. The summed E-state index contributed by atoms with van der Waals surface area (Å²) in [5.41, 5.74) is 11.0. The van der Waals surface area contributed by atoms with Crippen molar-refractivity contribution in [2.75, 3.05) is 32.1 Å². The maximum absolute atomic E-state index is 11.6. The number of hydrogen-bond donors (Lipinski definition) is 5. The maximum atomic E-state index is 11.6. The molecule has 0 rings (SSSR count). The van der Waals surface area contributed by atoms with Gasteiger partial charge in [-0.25, -0.2) is 4.79 Å². The zero-order valence-electron chi connectivity index (χ0n) is 14.5. The fourth-order valence-electron chi connectivity index (χ4n) is 1.49. The molecule has 0 aliphatic rings. The summed E-state index contributed by atoms with van der Waals surface area (Å²) in [5.74, 6) is -1.65. The third-order valence-corrected chi connectivity index (χ3v) is 3.67. The van der Waals surface area contributed by atoms with E-state index < -0.39 is 59.1 Å². The molecule has 0 aliphatic carbocycles. The highest BCUT2D eigenvalue weighted by molar-refractivity contribution is 7.85. The predicted octanol–water partition coefficient (Wildman–Crippen LogP) is -2.29. The smallest absolute Gasteiger partial charge is 0.432 e. The Labute approximate surface area is 151 Å². The average molecular weight is 398 g/mol. The third-order valence-electron chi connectivity index (χ3n) is 2.86. The highest BCUT2D eigenvalue weighted by Crippen LogP contribution is 1.92. The van der Waals surface area contributed by atoms with Gasteiger partial charge in [-0.1, -0.05) is 6.92 Å². The topological polar surface area (TPSA) is 200 Å². The first-order chi connectivity index (χ1) is 12.1. The highest BCUT2D eigenvalue weighted by Gasteiger charge is 2.19. The van der Waals surface area contributed by atoms with Crippen molar-refractivity contribution in [3.8, 4) is 0 Å². The molecule has 2 atom stereocenters. The minimum absolute atomic E-state index is 0.00181. The predicted molar refractivity (Wildman–Crippen MR) is 90.6 cm³/mol. The van der Waals surface area contributed by atoms with Crippen LogP contribution >= 0.6 is 0 Å². The third kappa shape index (κ3) is 12.4. The van der Waals surface area contributed by atoms with Crippen LogP contribution in [0.2, 0.25) is 0 Å². The van der Waals surface area contributed by atoms with E-state index in [1.165, 1.54) is 0 Å². The van der Waals surface area contributed by atoms with E-state index in [0.29, 0.717) is 6.54 Å². The van der Waals surface area contributed by atoms with Gasteiger partial charge in [0.1, 0.15) is 25.3 Å². The Morgan fingerprint density at radius 1 is 1.00 bits per heavy atom. The van der Waals surface area contributed by atoms with Crippen molar-refractivity contribution >= 4 is 28.1 Å². The SMILES string of the molecule is CCCNC(=O)C(N)COC(=O)OCC(N)C(=O)NCCCS(=O)(=O)O. The molecular weight excluding hydrogens is 372 g/mol. The number of rotatable bonds is 12. The molecule has 0 aromatic rings. The molecule has 0 spiro atoms. The van der Waals surface area contributed by atoms with Gasteiger partial charge in [-0.2, -0.15) is 8.42 Å². The number of amides is 2. The molecule has 26 heavy (non-hydrogen) atoms. The van der Waals surface area contributed by atoms with Gasteiger partial charge in [-0.3, -0.25) is 14.1 Å². The summed E-state index contributed by atoms with van der Waals surface area (Å²) in [5, 5.41) is 4.85. The minimum Gasteiger partial charge on any atom is -0.432 e. The fraction of sp³-hybridized carbons (Fsp3) is 0.769. The van der Waals surface area contributed by atoms with Gasteiger partial charge in [0, 0.05) is 13.1 Å². The lowest BCUT2D eigenvalue weighted by Crippen LogP contribution is -2.45. The van der Waals surface area contributed by atoms with Gasteiger partial charge in [0.15, 0.2) is 0 Å². The van der Waals surface area contributed by atoms with Gasteiger partial charge >= 0.3 is 6.16 Å². The minimum atomic E-state index is -4.10. The second-order valence-electron chi connectivity index (χ2n) is 5.31. The highest BCUT2D eigenvalue weighted by atomic mass is 32.2. The van der Waals surface area contributed by atoms with Crippen LogP contribution in [0.25, 0.3) is 0 Å². The van der Waals surface area contributed by atoms with Gasteiger partial charge in [0.25, 0.3) is 10.1 Å². The lowest BCUT2D eigenvalue weighted by Gasteiger charge is -2.14. The summed E-state index contributed by atoms with van der Waals surface area (Å²) in [6, 6.07) is -2.25. The van der Waals surface area contributed by atoms with Gasteiger partial charge in [-0.15, -0.1) is 0 Å². The van der Waals surface area contributed by atoms with Crippen LogP contribution in [0.5, 0.6) is 0 Å². The van der Waals surface area contributed by atoms with E-state index in [0.717, 1.165) is 6.42 Å². The lowest BCUT2D eigenvalue weighted by molar-refractivity contribution is -0.123. The Bertz CT molecular complexity index is 568. The summed E-state index contributed by atoms with van der Waals surface area (Å²) in [6.45, 7) is 1.41. The first-order valence-corrected chi connectivity index (χ1v) is 9.49. The summed E-state index contributed by atoms with van der Waals surface area (Å²) >= 11 is 0. The second-order valence-corrected chi connectivity index (χ2v) is 6.88. The first kappa shape index (κ1) is 24.0. The van der Waals surface area contributed by atoms with Crippen molar-refractivity contribution < 1.29 is 36.8 Å². The molecule has 7 N–H and O–H groups in total. The molecular formula is C13H26N4O8S. The van der Waals surface area contributed by atoms with Crippen LogP contribution in [0, 0.1) is 0 Å². The molecule has 0 aromatic heterocycles. The molecule has 0 radical (unpaired) electrons. The normalized spacial score (nSPS) is 13.4.